The van der Waals surface area contributed by atoms with Gasteiger partial charge in [-0.2, -0.15) is 0 Å². The van der Waals surface area contributed by atoms with Crippen molar-refractivity contribution in [1.29, 1.82) is 0 Å². The van der Waals surface area contributed by atoms with E-state index in [1.807, 2.05) is 37.3 Å². The summed E-state index contributed by atoms with van der Waals surface area (Å²) in [6, 6.07) is 13.8. The van der Waals surface area contributed by atoms with Crippen LogP contribution in [0, 0.1) is 6.92 Å². The van der Waals surface area contributed by atoms with E-state index in [4.69, 9.17) is 16.3 Å². The largest absolute Gasteiger partial charge is 0.381 e. The van der Waals surface area contributed by atoms with E-state index in [0.29, 0.717) is 10.7 Å². The first-order valence-electron chi connectivity index (χ1n) is 9.48. The number of amides is 2. The Kier molecular flexibility index (Phi) is 7.10. The van der Waals surface area contributed by atoms with Crippen LogP contribution in [0.25, 0.3) is 10.9 Å². The van der Waals surface area contributed by atoms with Gasteiger partial charge < -0.3 is 25.5 Å². The van der Waals surface area contributed by atoms with Crippen molar-refractivity contribution in [3.8, 4) is 0 Å². The number of H-pyrrole nitrogens is 1. The highest BCUT2D eigenvalue weighted by molar-refractivity contribution is 6.31. The second-order valence-corrected chi connectivity index (χ2v) is 7.44. The predicted molar refractivity (Wildman–Crippen MR) is 115 cm³/mol. The molecule has 2 atom stereocenters. The lowest BCUT2D eigenvalue weighted by Crippen LogP contribution is -2.52. The molecule has 0 saturated carbocycles. The summed E-state index contributed by atoms with van der Waals surface area (Å²) in [4.78, 5) is 28.4. The second-order valence-electron chi connectivity index (χ2n) is 7.00. The lowest BCUT2D eigenvalue weighted by molar-refractivity contribution is -0.132. The molecule has 4 N–H and O–H groups in total. The Balaban J connectivity index is 1.85. The zero-order valence-corrected chi connectivity index (χ0v) is 17.5. The van der Waals surface area contributed by atoms with Gasteiger partial charge in [-0.3, -0.25) is 9.59 Å². The third-order valence-electron chi connectivity index (χ3n) is 4.90. The minimum absolute atomic E-state index is 0.0379. The maximum atomic E-state index is 13.0. The van der Waals surface area contributed by atoms with Crippen molar-refractivity contribution < 1.29 is 19.4 Å². The third-order valence-corrected chi connectivity index (χ3v) is 5.14. The quantitative estimate of drug-likeness (QED) is 0.413. The number of methoxy groups -OCH3 is 1. The number of aliphatic hydroxyl groups excluding tert-OH is 1. The minimum Gasteiger partial charge on any atom is -0.381 e. The normalized spacial score (nSPS) is 13.1. The molecule has 8 heteroatoms. The Hall–Kier alpha value is -2.87. The van der Waals surface area contributed by atoms with Crippen LogP contribution < -0.4 is 10.6 Å². The number of aromatic nitrogens is 1. The smallest absolute Gasteiger partial charge is 0.268 e. The topological polar surface area (TPSA) is 103 Å². The lowest BCUT2D eigenvalue weighted by Gasteiger charge is -2.23. The molecule has 0 aliphatic heterocycles. The molecule has 0 radical (unpaired) electrons. The van der Waals surface area contributed by atoms with Gasteiger partial charge >= 0.3 is 0 Å². The molecule has 0 bridgehead atoms. The van der Waals surface area contributed by atoms with Crippen LogP contribution in [0.15, 0.2) is 48.5 Å². The highest BCUT2D eigenvalue weighted by Gasteiger charge is 2.29. The van der Waals surface area contributed by atoms with Crippen molar-refractivity contribution >= 4 is 34.3 Å². The van der Waals surface area contributed by atoms with Gasteiger partial charge in [0.2, 0.25) is 0 Å². The van der Waals surface area contributed by atoms with Crippen molar-refractivity contribution in [2.75, 3.05) is 13.8 Å². The van der Waals surface area contributed by atoms with Gasteiger partial charge in [-0.15, -0.1) is 0 Å². The molecule has 0 fully saturated rings. The Morgan fingerprint density at radius 1 is 1.20 bits per heavy atom. The standard InChI is InChI=1S/C22H24ClN3O4/c1-13-16-11-15(23)8-9-17(16)25-19(13)21(28)26-18(10-14-6-4-3-5-7-14)20(27)22(29)24-12-30-2/h3-9,11,18,20,25,27H,10,12H2,1-2H3,(H,24,29)(H,26,28)/t18-,20+/m0/s1. The maximum absolute atomic E-state index is 13.0. The molecule has 0 aliphatic rings. The van der Waals surface area contributed by atoms with Crippen LogP contribution in [0.4, 0.5) is 0 Å². The number of rotatable bonds is 8. The SMILES string of the molecule is COCNC(=O)[C@H](O)[C@H](Cc1ccccc1)NC(=O)c1[nH]c2ccc(Cl)cc2c1C. The monoisotopic (exact) mass is 429 g/mol. The van der Waals surface area contributed by atoms with Gasteiger partial charge in [0.25, 0.3) is 11.8 Å². The summed E-state index contributed by atoms with van der Waals surface area (Å²) < 4.78 is 4.82. The van der Waals surface area contributed by atoms with E-state index in [2.05, 4.69) is 15.6 Å². The Morgan fingerprint density at radius 2 is 1.93 bits per heavy atom. The molecule has 3 rings (SSSR count). The van der Waals surface area contributed by atoms with E-state index in [1.165, 1.54) is 7.11 Å². The Bertz CT molecular complexity index is 1040. The van der Waals surface area contributed by atoms with Crippen LogP contribution >= 0.6 is 11.6 Å². The molecule has 0 aliphatic carbocycles. The first-order chi connectivity index (χ1) is 14.4. The number of carbonyl (C=O) groups excluding carboxylic acids is 2. The van der Waals surface area contributed by atoms with Crippen molar-refractivity contribution in [2.45, 2.75) is 25.5 Å². The molecule has 2 amide bonds. The average molecular weight is 430 g/mol. The summed E-state index contributed by atoms with van der Waals surface area (Å²) in [6.45, 7) is 1.78. The minimum atomic E-state index is -1.46. The first-order valence-corrected chi connectivity index (χ1v) is 9.86. The number of halogens is 1. The number of nitrogens with one attached hydrogen (secondary N) is 3. The molecule has 0 spiro atoms. The van der Waals surface area contributed by atoms with Gasteiger partial charge in [0.1, 0.15) is 12.4 Å². The predicted octanol–water partition coefficient (Wildman–Crippen LogP) is 2.55. The second kappa shape index (κ2) is 9.75. The maximum Gasteiger partial charge on any atom is 0.268 e. The highest BCUT2D eigenvalue weighted by Crippen LogP contribution is 2.25. The van der Waals surface area contributed by atoms with Crippen LogP contribution in [0.5, 0.6) is 0 Å². The number of aryl methyl sites for hydroxylation is 1. The number of hydrogen-bond acceptors (Lipinski definition) is 4. The van der Waals surface area contributed by atoms with Gasteiger partial charge in [-0.05, 0) is 42.7 Å². The molecular weight excluding hydrogens is 406 g/mol. The van der Waals surface area contributed by atoms with Crippen molar-refractivity contribution in [3.05, 3.63) is 70.4 Å². The van der Waals surface area contributed by atoms with E-state index in [9.17, 15) is 14.7 Å². The molecule has 1 aromatic heterocycles. The fourth-order valence-electron chi connectivity index (χ4n) is 3.31. The van der Waals surface area contributed by atoms with Gasteiger partial charge in [0.15, 0.2) is 6.10 Å². The number of ether oxygens (including phenoxy) is 1. The van der Waals surface area contributed by atoms with Gasteiger partial charge in [0, 0.05) is 23.0 Å². The summed E-state index contributed by atoms with van der Waals surface area (Å²) in [5.41, 5.74) is 2.75. The fourth-order valence-corrected chi connectivity index (χ4v) is 3.48. The van der Waals surface area contributed by atoms with Gasteiger partial charge in [0.05, 0.1) is 6.04 Å². The Morgan fingerprint density at radius 3 is 2.63 bits per heavy atom. The first kappa shape index (κ1) is 21.8. The number of hydrogen-bond donors (Lipinski definition) is 4. The molecule has 0 saturated heterocycles. The average Bonchev–Trinajstić information content (AvgIpc) is 3.07. The van der Waals surface area contributed by atoms with E-state index in [0.717, 1.165) is 22.0 Å². The number of aliphatic hydroxyl groups is 1. The molecule has 2 aromatic carbocycles. The number of aromatic amines is 1. The van der Waals surface area contributed by atoms with Crippen LogP contribution in [-0.4, -0.2) is 47.9 Å². The van der Waals surface area contributed by atoms with E-state index < -0.39 is 24.0 Å². The molecule has 7 nitrogen and oxygen atoms in total. The summed E-state index contributed by atoms with van der Waals surface area (Å²) in [5.74, 6) is -1.04. The summed E-state index contributed by atoms with van der Waals surface area (Å²) >= 11 is 6.07. The molecule has 0 unspecified atom stereocenters. The van der Waals surface area contributed by atoms with Crippen molar-refractivity contribution in [3.63, 3.8) is 0 Å². The van der Waals surface area contributed by atoms with Crippen LogP contribution in [-0.2, 0) is 16.0 Å². The zero-order chi connectivity index (χ0) is 21.7. The highest BCUT2D eigenvalue weighted by atomic mass is 35.5. The molecule has 30 heavy (non-hydrogen) atoms. The fraction of sp³-hybridized carbons (Fsp3) is 0.273. The molecule has 1 heterocycles. The van der Waals surface area contributed by atoms with Crippen LogP contribution in [0.3, 0.4) is 0 Å². The molecule has 3 aromatic rings. The van der Waals surface area contributed by atoms with Crippen LogP contribution in [0.1, 0.15) is 21.6 Å². The summed E-state index contributed by atoms with van der Waals surface area (Å²) in [5, 5.41) is 17.3. The van der Waals surface area contributed by atoms with Crippen LogP contribution in [0.2, 0.25) is 5.02 Å². The number of benzene rings is 2. The van der Waals surface area contributed by atoms with E-state index in [-0.39, 0.29) is 13.2 Å². The molecular formula is C22H24ClN3O4. The van der Waals surface area contributed by atoms with E-state index >= 15 is 0 Å². The van der Waals surface area contributed by atoms with Gasteiger partial charge in [-0.1, -0.05) is 41.9 Å². The molecule has 158 valence electrons. The summed E-state index contributed by atoms with van der Waals surface area (Å²) in [7, 11) is 1.43. The Labute approximate surface area is 179 Å². The summed E-state index contributed by atoms with van der Waals surface area (Å²) in [6.07, 6.45) is -1.18. The number of carbonyl (C=O) groups is 2. The van der Waals surface area contributed by atoms with Gasteiger partial charge in [-0.25, -0.2) is 0 Å². The lowest BCUT2D eigenvalue weighted by atomic mass is 10.00. The van der Waals surface area contributed by atoms with Crippen molar-refractivity contribution in [1.82, 2.24) is 15.6 Å². The van der Waals surface area contributed by atoms with E-state index in [1.54, 1.807) is 18.2 Å². The third kappa shape index (κ3) is 4.99. The number of fused-ring (bicyclic) bond motifs is 1. The van der Waals surface area contributed by atoms with Crippen molar-refractivity contribution in [2.24, 2.45) is 0 Å². The zero-order valence-electron chi connectivity index (χ0n) is 16.7.